The minimum atomic E-state index is -0.190. The highest BCUT2D eigenvalue weighted by molar-refractivity contribution is 6.02. The molecule has 6 heteroatoms. The number of fused-ring (bicyclic) bond motifs is 2. The van der Waals surface area contributed by atoms with Gasteiger partial charge in [-0.2, -0.15) is 0 Å². The van der Waals surface area contributed by atoms with Gasteiger partial charge in [0.2, 0.25) is 0 Å². The first kappa shape index (κ1) is 15.9. The van der Waals surface area contributed by atoms with E-state index in [9.17, 15) is 4.79 Å². The first-order valence-corrected chi connectivity index (χ1v) is 8.85. The van der Waals surface area contributed by atoms with Crippen LogP contribution in [0.5, 0.6) is 0 Å². The molecule has 1 saturated carbocycles. The first-order chi connectivity index (χ1) is 12.1. The fourth-order valence-electron chi connectivity index (χ4n) is 4.18. The highest BCUT2D eigenvalue weighted by Gasteiger charge is 2.44. The molecule has 1 fully saturated rings. The highest BCUT2D eigenvalue weighted by atomic mass is 16.2. The van der Waals surface area contributed by atoms with Crippen LogP contribution < -0.4 is 16.0 Å². The molecule has 0 bridgehead atoms. The van der Waals surface area contributed by atoms with Crippen LogP contribution in [0.3, 0.4) is 0 Å². The molecule has 1 aromatic heterocycles. The Hall–Kier alpha value is -2.63. The summed E-state index contributed by atoms with van der Waals surface area (Å²) in [5, 5.41) is 9.76. The molecule has 4 rings (SSSR count). The van der Waals surface area contributed by atoms with E-state index < -0.39 is 0 Å². The average Bonchev–Trinajstić information content (AvgIpc) is 2.88. The van der Waals surface area contributed by atoms with Gasteiger partial charge >= 0.3 is 0 Å². The van der Waals surface area contributed by atoms with E-state index in [1.54, 1.807) is 6.20 Å². The van der Waals surface area contributed by atoms with Gasteiger partial charge in [0.25, 0.3) is 5.91 Å². The second kappa shape index (κ2) is 6.02. The normalized spacial score (nSPS) is 17.9. The van der Waals surface area contributed by atoms with Crippen molar-refractivity contribution in [2.75, 3.05) is 17.7 Å². The fourth-order valence-corrected chi connectivity index (χ4v) is 4.18. The Morgan fingerprint density at radius 3 is 2.76 bits per heavy atom. The van der Waals surface area contributed by atoms with Crippen LogP contribution >= 0.6 is 0 Å². The summed E-state index contributed by atoms with van der Waals surface area (Å²) in [6.07, 6.45) is 8.86. The largest absolute Gasteiger partial charge is 0.384 e. The number of hydrogen-bond acceptors (Lipinski definition) is 5. The Bertz CT molecular complexity index is 827. The Labute approximate surface area is 147 Å². The summed E-state index contributed by atoms with van der Waals surface area (Å²) in [5.74, 6) is 0.797. The van der Waals surface area contributed by atoms with Crippen LogP contribution in [0, 0.1) is 6.92 Å². The summed E-state index contributed by atoms with van der Waals surface area (Å²) in [5.41, 5.74) is 4.59. The van der Waals surface area contributed by atoms with Crippen molar-refractivity contribution in [2.45, 2.75) is 44.6 Å². The smallest absolute Gasteiger partial charge is 0.252 e. The van der Waals surface area contributed by atoms with Crippen LogP contribution in [0.4, 0.5) is 17.2 Å². The third kappa shape index (κ3) is 2.62. The second-order valence-corrected chi connectivity index (χ2v) is 6.97. The third-order valence-electron chi connectivity index (χ3n) is 5.38. The molecule has 1 aliphatic heterocycles. The van der Waals surface area contributed by atoms with E-state index in [0.717, 1.165) is 59.6 Å². The van der Waals surface area contributed by atoms with Crippen molar-refractivity contribution in [2.24, 2.45) is 0 Å². The number of anilines is 3. The molecule has 25 heavy (non-hydrogen) atoms. The van der Waals surface area contributed by atoms with Crippen molar-refractivity contribution in [1.29, 1.82) is 0 Å². The van der Waals surface area contributed by atoms with Crippen molar-refractivity contribution < 1.29 is 4.79 Å². The van der Waals surface area contributed by atoms with Gasteiger partial charge in [-0.25, -0.2) is 9.97 Å². The lowest BCUT2D eigenvalue weighted by atomic mass is 9.77. The van der Waals surface area contributed by atoms with Gasteiger partial charge in [0, 0.05) is 18.3 Å². The number of hydrogen-bond donors (Lipinski definition) is 3. The minimum Gasteiger partial charge on any atom is -0.384 e. The molecule has 2 aromatic rings. The SMILES string of the molecule is CNc1cncnc1Nc1cc(C)c2c(c1)C1(CCCCC1)NC2=O. The average molecular weight is 337 g/mol. The molecule has 2 aliphatic rings. The molecule has 0 unspecified atom stereocenters. The second-order valence-electron chi connectivity index (χ2n) is 6.97. The summed E-state index contributed by atoms with van der Waals surface area (Å²) in [4.78, 5) is 20.9. The Morgan fingerprint density at radius 2 is 2.00 bits per heavy atom. The minimum absolute atomic E-state index is 0.0684. The highest BCUT2D eigenvalue weighted by Crippen LogP contribution is 2.44. The zero-order valence-corrected chi connectivity index (χ0v) is 14.6. The number of carbonyl (C=O) groups is 1. The number of nitrogens with one attached hydrogen (secondary N) is 3. The van der Waals surface area contributed by atoms with Gasteiger partial charge in [-0.05, 0) is 43.0 Å². The molecule has 1 aliphatic carbocycles. The van der Waals surface area contributed by atoms with Crippen LogP contribution in [-0.2, 0) is 5.54 Å². The molecule has 1 spiro atoms. The number of aromatic nitrogens is 2. The van der Waals surface area contributed by atoms with Crippen LogP contribution in [0.15, 0.2) is 24.7 Å². The molecule has 130 valence electrons. The molecule has 2 heterocycles. The van der Waals surface area contributed by atoms with Gasteiger partial charge in [-0.15, -0.1) is 0 Å². The standard InChI is InChI=1S/C19H23N5O/c1-12-8-13(23-17-15(20-2)10-21-11-22-17)9-14-16(12)18(25)24-19(14)6-4-3-5-7-19/h8-11,20H,3-7H2,1-2H3,(H,24,25)(H,21,22,23). The Balaban J connectivity index is 1.76. The van der Waals surface area contributed by atoms with E-state index in [2.05, 4.69) is 32.0 Å². The summed E-state index contributed by atoms with van der Waals surface area (Å²) < 4.78 is 0. The van der Waals surface area contributed by atoms with Gasteiger partial charge < -0.3 is 16.0 Å². The number of benzene rings is 1. The molecular formula is C19H23N5O. The summed E-state index contributed by atoms with van der Waals surface area (Å²) >= 11 is 0. The number of amides is 1. The predicted octanol–water partition coefficient (Wildman–Crippen LogP) is 3.47. The first-order valence-electron chi connectivity index (χ1n) is 8.85. The van der Waals surface area contributed by atoms with Crippen molar-refractivity contribution in [3.8, 4) is 0 Å². The van der Waals surface area contributed by atoms with E-state index >= 15 is 0 Å². The van der Waals surface area contributed by atoms with E-state index in [1.807, 2.05) is 20.0 Å². The molecular weight excluding hydrogens is 314 g/mol. The van der Waals surface area contributed by atoms with Crippen LogP contribution in [0.1, 0.15) is 53.6 Å². The lowest BCUT2D eigenvalue weighted by Gasteiger charge is -2.34. The number of aryl methyl sites for hydroxylation is 1. The van der Waals surface area contributed by atoms with Crippen molar-refractivity contribution in [1.82, 2.24) is 15.3 Å². The van der Waals surface area contributed by atoms with Gasteiger partial charge in [-0.3, -0.25) is 4.79 Å². The molecule has 0 radical (unpaired) electrons. The maximum absolute atomic E-state index is 12.6. The molecule has 3 N–H and O–H groups in total. The summed E-state index contributed by atoms with van der Waals surface area (Å²) in [6.45, 7) is 2.00. The predicted molar refractivity (Wildman–Crippen MR) is 98.3 cm³/mol. The fraction of sp³-hybridized carbons (Fsp3) is 0.421. The Morgan fingerprint density at radius 1 is 1.20 bits per heavy atom. The number of rotatable bonds is 3. The van der Waals surface area contributed by atoms with E-state index in [-0.39, 0.29) is 11.4 Å². The van der Waals surface area contributed by atoms with Crippen LogP contribution in [0.25, 0.3) is 0 Å². The van der Waals surface area contributed by atoms with Gasteiger partial charge in [0.05, 0.1) is 17.4 Å². The topological polar surface area (TPSA) is 78.9 Å². The van der Waals surface area contributed by atoms with E-state index in [4.69, 9.17) is 0 Å². The lowest BCUT2D eigenvalue weighted by Crippen LogP contribution is -2.40. The monoisotopic (exact) mass is 337 g/mol. The maximum atomic E-state index is 12.6. The molecule has 0 saturated heterocycles. The Kier molecular flexibility index (Phi) is 3.82. The zero-order chi connectivity index (χ0) is 17.4. The van der Waals surface area contributed by atoms with Crippen LogP contribution in [0.2, 0.25) is 0 Å². The van der Waals surface area contributed by atoms with Gasteiger partial charge in [0.1, 0.15) is 6.33 Å². The quantitative estimate of drug-likeness (QED) is 0.799. The molecule has 1 amide bonds. The molecule has 0 atom stereocenters. The number of nitrogens with zero attached hydrogens (tertiary/aromatic N) is 2. The summed E-state index contributed by atoms with van der Waals surface area (Å²) in [7, 11) is 1.84. The van der Waals surface area contributed by atoms with Crippen molar-refractivity contribution in [3.63, 3.8) is 0 Å². The van der Waals surface area contributed by atoms with Crippen molar-refractivity contribution in [3.05, 3.63) is 41.3 Å². The maximum Gasteiger partial charge on any atom is 0.252 e. The molecule has 6 nitrogen and oxygen atoms in total. The third-order valence-corrected chi connectivity index (χ3v) is 5.38. The lowest BCUT2D eigenvalue weighted by molar-refractivity contribution is 0.0909. The van der Waals surface area contributed by atoms with Crippen molar-refractivity contribution >= 4 is 23.1 Å². The van der Waals surface area contributed by atoms with Gasteiger partial charge in [-0.1, -0.05) is 19.3 Å². The van der Waals surface area contributed by atoms with Crippen LogP contribution in [-0.4, -0.2) is 22.9 Å². The number of carbonyl (C=O) groups excluding carboxylic acids is 1. The van der Waals surface area contributed by atoms with E-state index in [0.29, 0.717) is 0 Å². The molecule has 1 aromatic carbocycles. The zero-order valence-electron chi connectivity index (χ0n) is 14.6. The van der Waals surface area contributed by atoms with E-state index in [1.165, 1.54) is 12.7 Å². The van der Waals surface area contributed by atoms with Gasteiger partial charge in [0.15, 0.2) is 5.82 Å². The summed E-state index contributed by atoms with van der Waals surface area (Å²) in [6, 6.07) is 4.13.